The fourth-order valence-electron chi connectivity index (χ4n) is 1.72. The van der Waals surface area contributed by atoms with Crippen LogP contribution in [0.3, 0.4) is 0 Å². The summed E-state index contributed by atoms with van der Waals surface area (Å²) in [6.45, 7) is 0.995. The molecule has 2 rings (SSSR count). The summed E-state index contributed by atoms with van der Waals surface area (Å²) in [5.41, 5.74) is 2.00. The molecule has 0 amide bonds. The molecule has 96 valence electrons. The molecule has 1 aromatic carbocycles. The van der Waals surface area contributed by atoms with Crippen LogP contribution in [-0.2, 0) is 6.42 Å². The molecule has 0 bridgehead atoms. The van der Waals surface area contributed by atoms with Crippen LogP contribution in [0.25, 0.3) is 5.69 Å². The van der Waals surface area contributed by atoms with Crippen LogP contribution in [0.2, 0.25) is 0 Å². The third-order valence-electron chi connectivity index (χ3n) is 2.74. The number of methoxy groups -OCH3 is 1. The monoisotopic (exact) mass is 246 g/mol. The third-order valence-corrected chi connectivity index (χ3v) is 2.74. The molecule has 0 atom stereocenters. The highest BCUT2D eigenvalue weighted by Crippen LogP contribution is 2.14. The van der Waals surface area contributed by atoms with Gasteiger partial charge in [0, 0.05) is 0 Å². The minimum absolute atomic E-state index is 0.841. The summed E-state index contributed by atoms with van der Waals surface area (Å²) in [6, 6.07) is 7.76. The first-order valence-corrected chi connectivity index (χ1v) is 6.03. The summed E-state index contributed by atoms with van der Waals surface area (Å²) >= 11 is 0. The zero-order valence-corrected chi connectivity index (χ0v) is 10.8. The molecule has 0 radical (unpaired) electrons. The van der Waals surface area contributed by atoms with E-state index in [0.717, 1.165) is 36.5 Å². The molecule has 0 saturated carbocycles. The predicted octanol–water partition coefficient (Wildman–Crippen LogP) is 1.43. The van der Waals surface area contributed by atoms with E-state index in [1.165, 1.54) is 0 Å². The number of rotatable bonds is 6. The van der Waals surface area contributed by atoms with Gasteiger partial charge in [-0.25, -0.2) is 4.68 Å². The van der Waals surface area contributed by atoms with Gasteiger partial charge in [0.25, 0.3) is 0 Å². The van der Waals surface area contributed by atoms with Gasteiger partial charge in [-0.05, 0) is 50.7 Å². The lowest BCUT2D eigenvalue weighted by atomic mass is 10.2. The van der Waals surface area contributed by atoms with Crippen LogP contribution in [0, 0.1) is 0 Å². The molecule has 0 unspecified atom stereocenters. The summed E-state index contributed by atoms with van der Waals surface area (Å²) in [7, 11) is 3.61. The van der Waals surface area contributed by atoms with Crippen molar-refractivity contribution >= 4 is 0 Å². The Morgan fingerprint density at radius 2 is 2.06 bits per heavy atom. The quantitative estimate of drug-likeness (QED) is 0.783. The normalized spacial score (nSPS) is 10.6. The lowest BCUT2D eigenvalue weighted by Gasteiger charge is -2.02. The van der Waals surface area contributed by atoms with E-state index < -0.39 is 0 Å². The Balaban J connectivity index is 2.04. The van der Waals surface area contributed by atoms with Gasteiger partial charge in [-0.1, -0.05) is 5.21 Å². The number of nitrogens with zero attached hydrogens (tertiary/aromatic N) is 3. The van der Waals surface area contributed by atoms with Gasteiger partial charge in [0.05, 0.1) is 24.7 Å². The largest absolute Gasteiger partial charge is 0.497 e. The standard InChI is InChI=1S/C13H18N4O/c1-14-9-3-4-11-10-17(16-15-11)12-5-7-13(18-2)8-6-12/h5-8,10,14H,3-4,9H2,1-2H3. The van der Waals surface area contributed by atoms with E-state index >= 15 is 0 Å². The van der Waals surface area contributed by atoms with Crippen LogP contribution in [0.5, 0.6) is 5.75 Å². The van der Waals surface area contributed by atoms with Gasteiger partial charge in [0.1, 0.15) is 5.75 Å². The molecule has 0 aliphatic rings. The molecule has 2 aromatic rings. The highest BCUT2D eigenvalue weighted by Gasteiger charge is 2.02. The van der Waals surface area contributed by atoms with Gasteiger partial charge < -0.3 is 10.1 Å². The SMILES string of the molecule is CNCCCc1cn(-c2ccc(OC)cc2)nn1. The Morgan fingerprint density at radius 1 is 1.28 bits per heavy atom. The molecule has 1 N–H and O–H groups in total. The van der Waals surface area contributed by atoms with E-state index in [2.05, 4.69) is 15.6 Å². The molecule has 0 saturated heterocycles. The third kappa shape index (κ3) is 3.07. The first-order chi connectivity index (χ1) is 8.83. The van der Waals surface area contributed by atoms with Crippen LogP contribution in [-0.4, -0.2) is 35.7 Å². The molecule has 18 heavy (non-hydrogen) atoms. The Hall–Kier alpha value is -1.88. The van der Waals surface area contributed by atoms with Crippen molar-refractivity contribution in [1.82, 2.24) is 20.3 Å². The van der Waals surface area contributed by atoms with Crippen LogP contribution in [0.4, 0.5) is 0 Å². The first kappa shape index (κ1) is 12.6. The fourth-order valence-corrected chi connectivity index (χ4v) is 1.72. The van der Waals surface area contributed by atoms with Crippen molar-refractivity contribution in [3.05, 3.63) is 36.2 Å². The van der Waals surface area contributed by atoms with Crippen LogP contribution in [0.1, 0.15) is 12.1 Å². The van der Waals surface area contributed by atoms with E-state index in [1.54, 1.807) is 11.8 Å². The maximum atomic E-state index is 5.12. The number of ether oxygens (including phenoxy) is 1. The Bertz CT molecular complexity index is 478. The highest BCUT2D eigenvalue weighted by atomic mass is 16.5. The van der Waals surface area contributed by atoms with Gasteiger partial charge in [-0.15, -0.1) is 5.10 Å². The van der Waals surface area contributed by atoms with Crippen molar-refractivity contribution in [2.45, 2.75) is 12.8 Å². The smallest absolute Gasteiger partial charge is 0.119 e. The van der Waals surface area contributed by atoms with Crippen LogP contribution < -0.4 is 10.1 Å². The van der Waals surface area contributed by atoms with E-state index in [4.69, 9.17) is 4.74 Å². The van der Waals surface area contributed by atoms with Crippen molar-refractivity contribution in [3.8, 4) is 11.4 Å². The maximum Gasteiger partial charge on any atom is 0.119 e. The lowest BCUT2D eigenvalue weighted by Crippen LogP contribution is -2.08. The predicted molar refractivity (Wildman–Crippen MR) is 70.2 cm³/mol. The Kier molecular flexibility index (Phi) is 4.30. The van der Waals surface area contributed by atoms with Gasteiger partial charge in [0.2, 0.25) is 0 Å². The minimum Gasteiger partial charge on any atom is -0.497 e. The molecule has 0 spiro atoms. The van der Waals surface area contributed by atoms with Crippen molar-refractivity contribution < 1.29 is 4.74 Å². The number of aryl methyl sites for hydroxylation is 1. The first-order valence-electron chi connectivity index (χ1n) is 6.03. The average Bonchev–Trinajstić information content (AvgIpc) is 2.88. The summed E-state index contributed by atoms with van der Waals surface area (Å²) in [5, 5.41) is 11.4. The molecule has 0 aliphatic carbocycles. The number of hydrogen-bond donors (Lipinski definition) is 1. The van der Waals surface area contributed by atoms with Gasteiger partial charge >= 0.3 is 0 Å². The van der Waals surface area contributed by atoms with Crippen molar-refractivity contribution in [2.75, 3.05) is 20.7 Å². The van der Waals surface area contributed by atoms with E-state index in [1.807, 2.05) is 37.5 Å². The fraction of sp³-hybridized carbons (Fsp3) is 0.385. The summed E-state index contributed by atoms with van der Waals surface area (Å²) in [5.74, 6) is 0.841. The van der Waals surface area contributed by atoms with Gasteiger partial charge in [0.15, 0.2) is 0 Å². The average molecular weight is 246 g/mol. The molecule has 1 aromatic heterocycles. The topological polar surface area (TPSA) is 52.0 Å². The minimum atomic E-state index is 0.841. The van der Waals surface area contributed by atoms with E-state index in [9.17, 15) is 0 Å². The second kappa shape index (κ2) is 6.16. The summed E-state index contributed by atoms with van der Waals surface area (Å²) in [6.07, 6.45) is 3.98. The lowest BCUT2D eigenvalue weighted by molar-refractivity contribution is 0.414. The second-order valence-corrected chi connectivity index (χ2v) is 4.06. The summed E-state index contributed by atoms with van der Waals surface area (Å²) < 4.78 is 6.91. The number of hydrogen-bond acceptors (Lipinski definition) is 4. The zero-order chi connectivity index (χ0) is 12.8. The van der Waals surface area contributed by atoms with Crippen LogP contribution in [0.15, 0.2) is 30.5 Å². The molecular formula is C13H18N4O. The highest BCUT2D eigenvalue weighted by molar-refractivity contribution is 5.36. The zero-order valence-electron chi connectivity index (χ0n) is 10.8. The molecule has 0 fully saturated rings. The number of benzene rings is 1. The van der Waals surface area contributed by atoms with Crippen molar-refractivity contribution in [3.63, 3.8) is 0 Å². The molecule has 0 aliphatic heterocycles. The van der Waals surface area contributed by atoms with Gasteiger partial charge in [-0.2, -0.15) is 0 Å². The van der Waals surface area contributed by atoms with Crippen molar-refractivity contribution in [1.29, 1.82) is 0 Å². The number of aromatic nitrogens is 3. The van der Waals surface area contributed by atoms with Crippen molar-refractivity contribution in [2.24, 2.45) is 0 Å². The summed E-state index contributed by atoms with van der Waals surface area (Å²) in [4.78, 5) is 0. The second-order valence-electron chi connectivity index (χ2n) is 4.06. The van der Waals surface area contributed by atoms with E-state index in [-0.39, 0.29) is 0 Å². The molecule has 1 heterocycles. The number of nitrogens with one attached hydrogen (secondary N) is 1. The molecular weight excluding hydrogens is 228 g/mol. The molecule has 5 heteroatoms. The van der Waals surface area contributed by atoms with E-state index in [0.29, 0.717) is 0 Å². The van der Waals surface area contributed by atoms with Crippen LogP contribution >= 0.6 is 0 Å². The Labute approximate surface area is 107 Å². The molecule has 5 nitrogen and oxygen atoms in total. The van der Waals surface area contributed by atoms with Gasteiger partial charge in [-0.3, -0.25) is 0 Å². The maximum absolute atomic E-state index is 5.12. The Morgan fingerprint density at radius 3 is 2.72 bits per heavy atom.